The number of aliphatic hydroxyl groups excluding tert-OH is 1. The van der Waals surface area contributed by atoms with Gasteiger partial charge in [0.15, 0.2) is 5.79 Å². The molecule has 0 radical (unpaired) electrons. The van der Waals surface area contributed by atoms with Gasteiger partial charge < -0.3 is 14.6 Å². The van der Waals surface area contributed by atoms with E-state index in [2.05, 4.69) is 20.8 Å². The van der Waals surface area contributed by atoms with E-state index in [9.17, 15) is 5.11 Å². The van der Waals surface area contributed by atoms with Crippen LogP contribution >= 0.6 is 0 Å². The normalized spacial score (nSPS) is 46.4. The van der Waals surface area contributed by atoms with E-state index in [1.54, 1.807) is 7.11 Å². The molecule has 0 bridgehead atoms. The van der Waals surface area contributed by atoms with Crippen molar-refractivity contribution in [3.05, 3.63) is 0 Å². The first-order valence-electron chi connectivity index (χ1n) is 4.87. The van der Waals surface area contributed by atoms with E-state index in [1.807, 2.05) is 0 Å². The van der Waals surface area contributed by atoms with Gasteiger partial charge >= 0.3 is 0 Å². The number of hydrogen-bond acceptors (Lipinski definition) is 3. The fraction of sp³-hybridized carbons (Fsp3) is 1.00. The first kappa shape index (κ1) is 11.0. The van der Waals surface area contributed by atoms with Gasteiger partial charge in [0.1, 0.15) is 0 Å². The van der Waals surface area contributed by atoms with E-state index in [0.717, 1.165) is 0 Å². The van der Waals surface area contributed by atoms with Crippen LogP contribution in [0.15, 0.2) is 0 Å². The molecule has 3 nitrogen and oxygen atoms in total. The first-order chi connectivity index (χ1) is 6.07. The quantitative estimate of drug-likeness (QED) is 0.709. The first-order valence-corrected chi connectivity index (χ1v) is 4.87. The predicted molar refractivity (Wildman–Crippen MR) is 50.3 cm³/mol. The Morgan fingerprint density at radius 2 is 2.08 bits per heavy atom. The Morgan fingerprint density at radius 3 is 2.54 bits per heavy atom. The third kappa shape index (κ3) is 1.73. The number of aliphatic hydroxyl groups is 1. The summed E-state index contributed by atoms with van der Waals surface area (Å²) in [4.78, 5) is 0. The summed E-state index contributed by atoms with van der Waals surface area (Å²) in [6.07, 6.45) is 0. The van der Waals surface area contributed by atoms with Crippen LogP contribution in [-0.4, -0.2) is 31.2 Å². The van der Waals surface area contributed by atoms with Crippen LogP contribution in [0.5, 0.6) is 0 Å². The SMILES string of the molecule is COC1(CO)OCC(C)C(C)C1C. The summed E-state index contributed by atoms with van der Waals surface area (Å²) >= 11 is 0. The molecule has 0 aromatic carbocycles. The summed E-state index contributed by atoms with van der Waals surface area (Å²) in [5.74, 6) is 0.503. The van der Waals surface area contributed by atoms with Crippen LogP contribution in [0.1, 0.15) is 20.8 Å². The maximum absolute atomic E-state index is 9.27. The Bertz CT molecular complexity index is 166. The fourth-order valence-electron chi connectivity index (χ4n) is 1.95. The molecule has 1 fully saturated rings. The van der Waals surface area contributed by atoms with Gasteiger partial charge in [0, 0.05) is 13.0 Å². The zero-order valence-corrected chi connectivity index (χ0v) is 8.91. The minimum absolute atomic E-state index is 0.0677. The van der Waals surface area contributed by atoms with Gasteiger partial charge in [-0.1, -0.05) is 20.8 Å². The van der Waals surface area contributed by atoms with E-state index in [4.69, 9.17) is 9.47 Å². The summed E-state index contributed by atoms with van der Waals surface area (Å²) in [7, 11) is 1.59. The molecule has 1 N–H and O–H groups in total. The van der Waals surface area contributed by atoms with Crippen LogP contribution in [0.4, 0.5) is 0 Å². The monoisotopic (exact) mass is 188 g/mol. The molecule has 0 aliphatic carbocycles. The van der Waals surface area contributed by atoms with Crippen molar-refractivity contribution in [3.63, 3.8) is 0 Å². The number of ether oxygens (including phenoxy) is 2. The number of rotatable bonds is 2. The molecular formula is C10H20O3. The Balaban J connectivity index is 2.77. The minimum atomic E-state index is -0.772. The topological polar surface area (TPSA) is 38.7 Å². The van der Waals surface area contributed by atoms with Gasteiger partial charge in [-0.2, -0.15) is 0 Å². The van der Waals surface area contributed by atoms with Crippen molar-refractivity contribution in [1.29, 1.82) is 0 Å². The second kappa shape index (κ2) is 3.95. The zero-order chi connectivity index (χ0) is 10.1. The lowest BCUT2D eigenvalue weighted by Crippen LogP contribution is -2.53. The van der Waals surface area contributed by atoms with Gasteiger partial charge in [-0.25, -0.2) is 0 Å². The molecule has 78 valence electrons. The highest BCUT2D eigenvalue weighted by Gasteiger charge is 2.45. The minimum Gasteiger partial charge on any atom is -0.391 e. The van der Waals surface area contributed by atoms with Crippen LogP contribution in [0.25, 0.3) is 0 Å². The maximum Gasteiger partial charge on any atom is 0.194 e. The van der Waals surface area contributed by atoms with Crippen molar-refractivity contribution in [2.45, 2.75) is 26.6 Å². The Hall–Kier alpha value is -0.120. The van der Waals surface area contributed by atoms with Crippen molar-refractivity contribution in [1.82, 2.24) is 0 Å². The van der Waals surface area contributed by atoms with Crippen LogP contribution < -0.4 is 0 Å². The molecule has 0 spiro atoms. The molecule has 1 aliphatic rings. The van der Waals surface area contributed by atoms with Gasteiger partial charge in [0.2, 0.25) is 0 Å². The summed E-state index contributed by atoms with van der Waals surface area (Å²) in [5.41, 5.74) is 0. The highest BCUT2D eigenvalue weighted by Crippen LogP contribution is 2.38. The molecule has 4 atom stereocenters. The van der Waals surface area contributed by atoms with Gasteiger partial charge in [-0.15, -0.1) is 0 Å². The predicted octanol–water partition coefficient (Wildman–Crippen LogP) is 1.26. The van der Waals surface area contributed by atoms with Crippen molar-refractivity contribution in [2.75, 3.05) is 20.3 Å². The second-order valence-corrected chi connectivity index (χ2v) is 4.11. The summed E-state index contributed by atoms with van der Waals surface area (Å²) < 4.78 is 10.9. The molecule has 3 heteroatoms. The average molecular weight is 188 g/mol. The van der Waals surface area contributed by atoms with Gasteiger partial charge in [0.25, 0.3) is 0 Å². The van der Waals surface area contributed by atoms with E-state index >= 15 is 0 Å². The molecular weight excluding hydrogens is 168 g/mol. The standard InChI is InChI=1S/C10H20O3/c1-7-5-13-10(6-11,12-4)9(3)8(7)2/h7-9,11H,5-6H2,1-4H3. The zero-order valence-electron chi connectivity index (χ0n) is 8.91. The Labute approximate surface area is 80.0 Å². The van der Waals surface area contributed by atoms with Crippen molar-refractivity contribution >= 4 is 0 Å². The Kier molecular flexibility index (Phi) is 3.33. The summed E-state index contributed by atoms with van der Waals surface area (Å²) in [6, 6.07) is 0. The van der Waals surface area contributed by atoms with E-state index in [-0.39, 0.29) is 12.5 Å². The van der Waals surface area contributed by atoms with Crippen LogP contribution in [-0.2, 0) is 9.47 Å². The summed E-state index contributed by atoms with van der Waals surface area (Å²) in [5, 5.41) is 9.27. The second-order valence-electron chi connectivity index (χ2n) is 4.11. The lowest BCUT2D eigenvalue weighted by molar-refractivity contribution is -0.305. The number of methoxy groups -OCH3 is 1. The molecule has 13 heavy (non-hydrogen) atoms. The molecule has 0 aromatic rings. The lowest BCUT2D eigenvalue weighted by atomic mass is 9.78. The lowest BCUT2D eigenvalue weighted by Gasteiger charge is -2.45. The Morgan fingerprint density at radius 1 is 1.46 bits per heavy atom. The highest BCUT2D eigenvalue weighted by atomic mass is 16.7. The van der Waals surface area contributed by atoms with Gasteiger partial charge in [-0.3, -0.25) is 0 Å². The third-order valence-corrected chi connectivity index (χ3v) is 3.54. The smallest absolute Gasteiger partial charge is 0.194 e. The molecule has 1 saturated heterocycles. The van der Waals surface area contributed by atoms with Crippen LogP contribution in [0, 0.1) is 17.8 Å². The van der Waals surface area contributed by atoms with E-state index in [0.29, 0.717) is 18.4 Å². The van der Waals surface area contributed by atoms with Crippen LogP contribution in [0.3, 0.4) is 0 Å². The van der Waals surface area contributed by atoms with Crippen molar-refractivity contribution < 1.29 is 14.6 Å². The maximum atomic E-state index is 9.27. The molecule has 0 aromatic heterocycles. The van der Waals surface area contributed by atoms with Crippen molar-refractivity contribution in [3.8, 4) is 0 Å². The third-order valence-electron chi connectivity index (χ3n) is 3.54. The van der Waals surface area contributed by atoms with Gasteiger partial charge in [0.05, 0.1) is 13.2 Å². The van der Waals surface area contributed by atoms with E-state index < -0.39 is 5.79 Å². The molecule has 0 amide bonds. The van der Waals surface area contributed by atoms with E-state index in [1.165, 1.54) is 0 Å². The molecule has 4 unspecified atom stereocenters. The molecule has 1 heterocycles. The van der Waals surface area contributed by atoms with Crippen molar-refractivity contribution in [2.24, 2.45) is 17.8 Å². The van der Waals surface area contributed by atoms with Crippen LogP contribution in [0.2, 0.25) is 0 Å². The highest BCUT2D eigenvalue weighted by molar-refractivity contribution is 4.86. The molecule has 1 rings (SSSR count). The molecule has 0 saturated carbocycles. The fourth-order valence-corrected chi connectivity index (χ4v) is 1.95. The summed E-state index contributed by atoms with van der Waals surface area (Å²) in [6.45, 7) is 7.01. The van der Waals surface area contributed by atoms with Gasteiger partial charge in [-0.05, 0) is 11.8 Å². The largest absolute Gasteiger partial charge is 0.391 e. The number of hydrogen-bond donors (Lipinski definition) is 1. The average Bonchev–Trinajstić information content (AvgIpc) is 2.16. The molecule has 1 aliphatic heterocycles.